The highest BCUT2D eigenvalue weighted by Crippen LogP contribution is 2.34. The van der Waals surface area contributed by atoms with E-state index >= 15 is 0 Å². The normalized spacial score (nSPS) is 19.3. The van der Waals surface area contributed by atoms with Gasteiger partial charge in [-0.2, -0.15) is 4.31 Å². The molecule has 0 aliphatic carbocycles. The van der Waals surface area contributed by atoms with Crippen LogP contribution in [0.25, 0.3) is 0 Å². The molecule has 0 unspecified atom stereocenters. The first-order chi connectivity index (χ1) is 12.9. The molecule has 2 aromatic heterocycles. The van der Waals surface area contributed by atoms with Crippen molar-refractivity contribution in [1.82, 2.24) is 19.3 Å². The predicted octanol–water partition coefficient (Wildman–Crippen LogP) is 2.65. The Balaban J connectivity index is 1.61. The third-order valence-electron chi connectivity index (χ3n) is 4.27. The lowest BCUT2D eigenvalue weighted by atomic mass is 10.3. The van der Waals surface area contributed by atoms with Crippen molar-refractivity contribution >= 4 is 26.0 Å². The summed E-state index contributed by atoms with van der Waals surface area (Å²) < 4.78 is 41.1. The molecule has 0 amide bonds. The molecule has 3 aromatic rings. The molecule has 8 nitrogen and oxygen atoms in total. The van der Waals surface area contributed by atoms with Crippen molar-refractivity contribution in [1.29, 1.82) is 0 Å². The highest BCUT2D eigenvalue weighted by Gasteiger charge is 2.35. The van der Waals surface area contributed by atoms with E-state index in [2.05, 4.69) is 26.2 Å². The number of furan rings is 1. The van der Waals surface area contributed by atoms with Gasteiger partial charge in [-0.25, -0.2) is 13.1 Å². The molecule has 4 rings (SSSR count). The first kappa shape index (κ1) is 18.2. The molecule has 0 spiro atoms. The van der Waals surface area contributed by atoms with Crippen molar-refractivity contribution < 1.29 is 17.6 Å². The van der Waals surface area contributed by atoms with E-state index in [0.29, 0.717) is 18.0 Å². The molecule has 0 N–H and O–H groups in total. The van der Waals surface area contributed by atoms with Crippen molar-refractivity contribution in [2.45, 2.75) is 31.0 Å². The van der Waals surface area contributed by atoms with Gasteiger partial charge in [-0.15, -0.1) is 5.10 Å². The van der Waals surface area contributed by atoms with Crippen LogP contribution < -0.4 is 4.74 Å². The second-order valence-corrected chi connectivity index (χ2v) is 9.06. The quantitative estimate of drug-likeness (QED) is 0.604. The van der Waals surface area contributed by atoms with E-state index in [1.165, 1.54) is 4.31 Å². The summed E-state index contributed by atoms with van der Waals surface area (Å²) in [5, 5.41) is 8.16. The third-order valence-corrected chi connectivity index (χ3v) is 6.76. The minimum absolute atomic E-state index is 0.112. The molecule has 0 bridgehead atoms. The monoisotopic (exact) mass is 452 g/mol. The van der Waals surface area contributed by atoms with Gasteiger partial charge in [-0.05, 0) is 37.3 Å². The predicted molar refractivity (Wildman–Crippen MR) is 99.7 cm³/mol. The fourth-order valence-corrected chi connectivity index (χ4v) is 4.96. The van der Waals surface area contributed by atoms with E-state index < -0.39 is 10.0 Å². The SMILES string of the molecule is C[C@H]1COc2cc(Br)ccc2S(=O)(=O)N1Cc1cn(Cc2ccco2)nn1. The highest BCUT2D eigenvalue weighted by molar-refractivity contribution is 9.10. The van der Waals surface area contributed by atoms with Gasteiger partial charge in [0, 0.05) is 4.47 Å². The van der Waals surface area contributed by atoms with E-state index in [-0.39, 0.29) is 24.1 Å². The van der Waals surface area contributed by atoms with Gasteiger partial charge in [0.25, 0.3) is 0 Å². The molecule has 0 saturated heterocycles. The largest absolute Gasteiger partial charge is 0.490 e. The number of sulfonamides is 1. The van der Waals surface area contributed by atoms with Crippen LogP contribution in [0.15, 0.2) is 56.6 Å². The number of fused-ring (bicyclic) bond motifs is 1. The van der Waals surface area contributed by atoms with Gasteiger partial charge in [-0.1, -0.05) is 21.1 Å². The van der Waals surface area contributed by atoms with E-state index in [9.17, 15) is 8.42 Å². The Morgan fingerprint density at radius 1 is 1.30 bits per heavy atom. The summed E-state index contributed by atoms with van der Waals surface area (Å²) in [5.41, 5.74) is 0.553. The zero-order valence-corrected chi connectivity index (χ0v) is 16.9. The molecule has 10 heteroatoms. The molecule has 0 radical (unpaired) electrons. The van der Waals surface area contributed by atoms with E-state index in [1.807, 2.05) is 13.0 Å². The average molecular weight is 453 g/mol. The maximum absolute atomic E-state index is 13.2. The van der Waals surface area contributed by atoms with Crippen molar-refractivity contribution in [3.63, 3.8) is 0 Å². The molecule has 1 aliphatic rings. The minimum Gasteiger partial charge on any atom is -0.490 e. The van der Waals surface area contributed by atoms with Gasteiger partial charge in [0.15, 0.2) is 0 Å². The Morgan fingerprint density at radius 2 is 2.15 bits per heavy atom. The number of nitrogens with zero attached hydrogens (tertiary/aromatic N) is 4. The Bertz CT molecular complexity index is 1050. The van der Waals surface area contributed by atoms with Gasteiger partial charge in [0.1, 0.15) is 29.6 Å². The van der Waals surface area contributed by atoms with Gasteiger partial charge in [0.05, 0.1) is 30.7 Å². The molecule has 1 aromatic carbocycles. The summed E-state index contributed by atoms with van der Waals surface area (Å²) in [5.74, 6) is 1.09. The molecule has 0 fully saturated rings. The Kier molecular flexibility index (Phi) is 4.79. The summed E-state index contributed by atoms with van der Waals surface area (Å²) in [6.45, 7) is 2.61. The molecule has 1 atom stereocenters. The molecule has 142 valence electrons. The van der Waals surface area contributed by atoms with Gasteiger partial charge >= 0.3 is 0 Å². The molecular formula is C17H17BrN4O4S. The number of rotatable bonds is 4. The number of hydrogen-bond acceptors (Lipinski definition) is 6. The lowest BCUT2D eigenvalue weighted by molar-refractivity contribution is 0.219. The number of hydrogen-bond donors (Lipinski definition) is 0. The summed E-state index contributed by atoms with van der Waals surface area (Å²) in [7, 11) is -3.73. The number of aromatic nitrogens is 3. The summed E-state index contributed by atoms with van der Waals surface area (Å²) in [6.07, 6.45) is 3.31. The first-order valence-corrected chi connectivity index (χ1v) is 10.5. The van der Waals surface area contributed by atoms with Crippen LogP contribution in [0.2, 0.25) is 0 Å². The van der Waals surface area contributed by atoms with Crippen LogP contribution in [0.1, 0.15) is 18.4 Å². The Labute approximate surface area is 164 Å². The summed E-state index contributed by atoms with van der Waals surface area (Å²) >= 11 is 3.35. The molecule has 3 heterocycles. The van der Waals surface area contributed by atoms with Crippen LogP contribution in [0.5, 0.6) is 5.75 Å². The van der Waals surface area contributed by atoms with Crippen LogP contribution in [0, 0.1) is 0 Å². The van der Waals surface area contributed by atoms with E-state index in [1.54, 1.807) is 41.4 Å². The average Bonchev–Trinajstić information content (AvgIpc) is 3.28. The number of benzene rings is 1. The van der Waals surface area contributed by atoms with Crippen LogP contribution in [0.3, 0.4) is 0 Å². The molecule has 27 heavy (non-hydrogen) atoms. The maximum Gasteiger partial charge on any atom is 0.247 e. The van der Waals surface area contributed by atoms with Crippen LogP contribution in [-0.2, 0) is 23.1 Å². The third kappa shape index (κ3) is 3.64. The molecule has 1 aliphatic heterocycles. The van der Waals surface area contributed by atoms with Gasteiger partial charge in [-0.3, -0.25) is 0 Å². The smallest absolute Gasteiger partial charge is 0.247 e. The fourth-order valence-electron chi connectivity index (χ4n) is 2.92. The van der Waals surface area contributed by atoms with Crippen LogP contribution >= 0.6 is 15.9 Å². The van der Waals surface area contributed by atoms with Crippen molar-refractivity contribution in [2.24, 2.45) is 0 Å². The van der Waals surface area contributed by atoms with E-state index in [0.717, 1.165) is 10.2 Å². The Hall–Kier alpha value is -2.17. The lowest BCUT2D eigenvalue weighted by Gasteiger charge is -2.24. The second-order valence-electron chi connectivity index (χ2n) is 6.29. The van der Waals surface area contributed by atoms with Crippen molar-refractivity contribution in [2.75, 3.05) is 6.61 Å². The van der Waals surface area contributed by atoms with Crippen molar-refractivity contribution in [3.05, 3.63) is 58.7 Å². The van der Waals surface area contributed by atoms with E-state index in [4.69, 9.17) is 9.15 Å². The molecular weight excluding hydrogens is 436 g/mol. The zero-order valence-electron chi connectivity index (χ0n) is 14.4. The van der Waals surface area contributed by atoms with Gasteiger partial charge in [0.2, 0.25) is 10.0 Å². The minimum atomic E-state index is -3.73. The number of halogens is 1. The van der Waals surface area contributed by atoms with Crippen LogP contribution in [0.4, 0.5) is 0 Å². The van der Waals surface area contributed by atoms with Crippen LogP contribution in [-0.4, -0.2) is 40.4 Å². The summed E-state index contributed by atoms with van der Waals surface area (Å²) in [4.78, 5) is 0.151. The first-order valence-electron chi connectivity index (χ1n) is 8.29. The number of ether oxygens (including phenoxy) is 1. The fraction of sp³-hybridized carbons (Fsp3) is 0.294. The van der Waals surface area contributed by atoms with Crippen molar-refractivity contribution in [3.8, 4) is 5.75 Å². The highest BCUT2D eigenvalue weighted by atomic mass is 79.9. The topological polar surface area (TPSA) is 90.5 Å². The Morgan fingerprint density at radius 3 is 2.93 bits per heavy atom. The second kappa shape index (κ2) is 7.10. The standard InChI is InChI=1S/C17H17BrN4O4S/c1-12-11-26-16-7-13(18)4-5-17(16)27(23,24)22(12)9-14-8-21(20-19-14)10-15-3-2-6-25-15/h2-8,12H,9-11H2,1H3/t12-/m0/s1. The molecule has 0 saturated carbocycles. The maximum atomic E-state index is 13.2. The summed E-state index contributed by atoms with van der Waals surface area (Å²) in [6, 6.07) is 8.20. The lowest BCUT2D eigenvalue weighted by Crippen LogP contribution is -2.39. The van der Waals surface area contributed by atoms with Gasteiger partial charge < -0.3 is 9.15 Å². The zero-order chi connectivity index (χ0) is 19.0.